The standard InChI is InChI=1S/C23H28N8O4/c1-3-17-19(30-35-29-17)22(33)27-20(18(13-4-5-13)14-6-7-14)23(34)26-15-10-25-31(11-15)12(2)16-8-9-24-28-21(16)32/h8-14,18,20H,3-7H2,1-2H3,(H,26,34)(H,27,33)(H,28,32). The van der Waals surface area contributed by atoms with E-state index in [0.29, 0.717) is 35.2 Å². The van der Waals surface area contributed by atoms with Crippen LogP contribution < -0.4 is 16.2 Å². The molecule has 2 atom stereocenters. The summed E-state index contributed by atoms with van der Waals surface area (Å²) in [5.74, 6) is 0.135. The second-order valence-corrected chi connectivity index (χ2v) is 9.33. The van der Waals surface area contributed by atoms with E-state index in [1.165, 1.54) is 12.4 Å². The number of aromatic nitrogens is 6. The van der Waals surface area contributed by atoms with Gasteiger partial charge in [-0.2, -0.15) is 10.2 Å². The van der Waals surface area contributed by atoms with Crippen molar-refractivity contribution in [1.29, 1.82) is 0 Å². The van der Waals surface area contributed by atoms with Gasteiger partial charge in [-0.3, -0.25) is 19.1 Å². The Labute approximate surface area is 200 Å². The van der Waals surface area contributed by atoms with Gasteiger partial charge in [0.2, 0.25) is 5.91 Å². The first kappa shape index (κ1) is 22.9. The molecule has 12 heteroatoms. The smallest absolute Gasteiger partial charge is 0.276 e. The van der Waals surface area contributed by atoms with E-state index >= 15 is 0 Å². The van der Waals surface area contributed by atoms with Crippen LogP contribution in [0.3, 0.4) is 0 Å². The average Bonchev–Trinajstić information content (AvgIpc) is 3.78. The second kappa shape index (κ2) is 9.43. The van der Waals surface area contributed by atoms with Gasteiger partial charge < -0.3 is 10.6 Å². The lowest BCUT2D eigenvalue weighted by atomic mass is 9.88. The minimum Gasteiger partial charge on any atom is -0.338 e. The Morgan fingerprint density at radius 2 is 1.97 bits per heavy atom. The molecule has 12 nitrogen and oxygen atoms in total. The van der Waals surface area contributed by atoms with Crippen molar-refractivity contribution in [3.63, 3.8) is 0 Å². The van der Waals surface area contributed by atoms with E-state index in [1.54, 1.807) is 16.9 Å². The van der Waals surface area contributed by atoms with Gasteiger partial charge in [-0.25, -0.2) is 9.73 Å². The van der Waals surface area contributed by atoms with Crippen molar-refractivity contribution in [2.75, 3.05) is 5.32 Å². The first-order valence-corrected chi connectivity index (χ1v) is 12.0. The topological polar surface area (TPSA) is 161 Å². The third kappa shape index (κ3) is 4.86. The molecule has 0 spiro atoms. The summed E-state index contributed by atoms with van der Waals surface area (Å²) in [6.07, 6.45) is 9.44. The first-order valence-electron chi connectivity index (χ1n) is 12.0. The van der Waals surface area contributed by atoms with Crippen molar-refractivity contribution in [3.05, 3.63) is 52.0 Å². The molecule has 0 bridgehead atoms. The van der Waals surface area contributed by atoms with E-state index in [2.05, 4.69) is 36.2 Å². The number of anilines is 1. The lowest BCUT2D eigenvalue weighted by Crippen LogP contribution is -2.50. The van der Waals surface area contributed by atoms with Gasteiger partial charge in [0.1, 0.15) is 11.7 Å². The first-order chi connectivity index (χ1) is 17.0. The average molecular weight is 481 g/mol. The number of carbonyl (C=O) groups excluding carboxylic acids is 2. The SMILES string of the molecule is CCc1nonc1C(=O)NC(C(=O)Nc1cnn(C(C)c2ccn[nH]c2=O)c1)C(C1CC1)C1CC1. The van der Waals surface area contributed by atoms with Crippen LogP contribution in [0.5, 0.6) is 0 Å². The molecule has 2 amide bonds. The minimum absolute atomic E-state index is 0.0632. The predicted octanol–water partition coefficient (Wildman–Crippen LogP) is 1.69. The largest absolute Gasteiger partial charge is 0.338 e. The zero-order chi connectivity index (χ0) is 24.5. The normalized spacial score (nSPS) is 17.2. The third-order valence-electron chi connectivity index (χ3n) is 6.87. The molecule has 0 radical (unpaired) electrons. The van der Waals surface area contributed by atoms with Crippen molar-refractivity contribution in [3.8, 4) is 0 Å². The Morgan fingerprint density at radius 1 is 1.23 bits per heavy atom. The molecule has 2 aliphatic carbocycles. The second-order valence-electron chi connectivity index (χ2n) is 9.33. The van der Waals surface area contributed by atoms with Gasteiger partial charge >= 0.3 is 0 Å². The van der Waals surface area contributed by atoms with Crippen molar-refractivity contribution < 1.29 is 14.2 Å². The molecule has 3 N–H and O–H groups in total. The number of aromatic amines is 1. The van der Waals surface area contributed by atoms with Gasteiger partial charge in [0.25, 0.3) is 11.5 Å². The highest BCUT2D eigenvalue weighted by Crippen LogP contribution is 2.50. The van der Waals surface area contributed by atoms with Gasteiger partial charge in [0.15, 0.2) is 5.69 Å². The number of hydrogen-bond donors (Lipinski definition) is 3. The van der Waals surface area contributed by atoms with Crippen LogP contribution in [-0.4, -0.2) is 48.1 Å². The maximum atomic E-state index is 13.5. The summed E-state index contributed by atoms with van der Waals surface area (Å²) >= 11 is 0. The molecule has 3 aromatic rings. The highest BCUT2D eigenvalue weighted by molar-refractivity contribution is 6.00. The number of rotatable bonds is 10. The van der Waals surface area contributed by atoms with Gasteiger partial charge in [-0.15, -0.1) is 0 Å². The summed E-state index contributed by atoms with van der Waals surface area (Å²) < 4.78 is 6.34. The van der Waals surface area contributed by atoms with Crippen LogP contribution in [0, 0.1) is 17.8 Å². The zero-order valence-electron chi connectivity index (χ0n) is 19.6. The van der Waals surface area contributed by atoms with Crippen LogP contribution in [-0.2, 0) is 11.2 Å². The maximum absolute atomic E-state index is 13.5. The molecule has 184 valence electrons. The molecule has 5 rings (SSSR count). The van der Waals surface area contributed by atoms with Gasteiger partial charge in [0.05, 0.1) is 17.9 Å². The van der Waals surface area contributed by atoms with Crippen LogP contribution in [0.1, 0.15) is 67.3 Å². The molecule has 2 saturated carbocycles. The highest BCUT2D eigenvalue weighted by Gasteiger charge is 2.48. The maximum Gasteiger partial charge on any atom is 0.276 e. The van der Waals surface area contributed by atoms with E-state index in [9.17, 15) is 14.4 Å². The van der Waals surface area contributed by atoms with Crippen LogP contribution in [0.15, 0.2) is 34.1 Å². The summed E-state index contributed by atoms with van der Waals surface area (Å²) in [6.45, 7) is 3.69. The molecule has 3 aromatic heterocycles. The van der Waals surface area contributed by atoms with E-state index in [0.717, 1.165) is 25.7 Å². The number of amides is 2. The molecule has 0 aliphatic heterocycles. The molecule has 0 aromatic carbocycles. The van der Waals surface area contributed by atoms with Crippen molar-refractivity contribution in [1.82, 2.24) is 35.6 Å². The van der Waals surface area contributed by atoms with Gasteiger partial charge in [-0.1, -0.05) is 12.1 Å². The van der Waals surface area contributed by atoms with Crippen molar-refractivity contribution >= 4 is 17.5 Å². The Morgan fingerprint density at radius 3 is 2.63 bits per heavy atom. The fourth-order valence-corrected chi connectivity index (χ4v) is 4.71. The van der Waals surface area contributed by atoms with Gasteiger partial charge in [-0.05, 0) is 68.0 Å². The summed E-state index contributed by atoms with van der Waals surface area (Å²) in [4.78, 5) is 38.6. The Hall–Kier alpha value is -3.83. The lowest BCUT2D eigenvalue weighted by Gasteiger charge is -2.27. The lowest BCUT2D eigenvalue weighted by molar-refractivity contribution is -0.119. The fourth-order valence-electron chi connectivity index (χ4n) is 4.71. The molecule has 2 unspecified atom stereocenters. The summed E-state index contributed by atoms with van der Waals surface area (Å²) in [5, 5.41) is 23.8. The number of carbonyl (C=O) groups is 2. The molecule has 35 heavy (non-hydrogen) atoms. The number of hydrogen-bond acceptors (Lipinski definition) is 8. The van der Waals surface area contributed by atoms with Crippen LogP contribution in [0.4, 0.5) is 5.69 Å². The summed E-state index contributed by atoms with van der Waals surface area (Å²) in [6, 6.07) is 0.558. The zero-order valence-corrected chi connectivity index (χ0v) is 19.6. The summed E-state index contributed by atoms with van der Waals surface area (Å²) in [7, 11) is 0. The van der Waals surface area contributed by atoms with Crippen LogP contribution >= 0.6 is 0 Å². The highest BCUT2D eigenvalue weighted by atomic mass is 16.6. The molecule has 2 aliphatic rings. The van der Waals surface area contributed by atoms with Crippen molar-refractivity contribution in [2.45, 2.75) is 58.0 Å². The van der Waals surface area contributed by atoms with Crippen molar-refractivity contribution in [2.24, 2.45) is 17.8 Å². The van der Waals surface area contributed by atoms with Crippen LogP contribution in [0.25, 0.3) is 0 Å². The Bertz CT molecular complexity index is 1260. The van der Waals surface area contributed by atoms with E-state index in [4.69, 9.17) is 4.63 Å². The van der Waals surface area contributed by atoms with Gasteiger partial charge in [0, 0.05) is 18.0 Å². The Kier molecular flexibility index (Phi) is 6.18. The molecular formula is C23H28N8O4. The molecule has 0 saturated heterocycles. The predicted molar refractivity (Wildman–Crippen MR) is 123 cm³/mol. The molecule has 3 heterocycles. The molecular weight excluding hydrogens is 452 g/mol. The van der Waals surface area contributed by atoms with E-state index < -0.39 is 11.9 Å². The number of nitrogens with zero attached hydrogens (tertiary/aromatic N) is 5. The fraction of sp³-hybridized carbons (Fsp3) is 0.522. The quantitative estimate of drug-likeness (QED) is 0.395. The monoisotopic (exact) mass is 480 g/mol. The third-order valence-corrected chi connectivity index (χ3v) is 6.87. The van der Waals surface area contributed by atoms with Crippen LogP contribution in [0.2, 0.25) is 0 Å². The Balaban J connectivity index is 1.35. The minimum atomic E-state index is -0.715. The number of H-pyrrole nitrogens is 1. The summed E-state index contributed by atoms with van der Waals surface area (Å²) in [5.41, 5.74) is 1.25. The van der Waals surface area contributed by atoms with E-state index in [1.807, 2.05) is 13.8 Å². The number of aryl methyl sites for hydroxylation is 1. The van der Waals surface area contributed by atoms with E-state index in [-0.39, 0.29) is 29.1 Å². The molecule has 2 fully saturated rings. The number of nitrogens with one attached hydrogen (secondary N) is 3.